The van der Waals surface area contributed by atoms with Gasteiger partial charge in [-0.25, -0.2) is 4.98 Å². The third-order valence-electron chi connectivity index (χ3n) is 9.49. The maximum Gasteiger partial charge on any atom is 0.127 e. The average molecular weight is 648 g/mol. The van der Waals surface area contributed by atoms with E-state index in [1.807, 2.05) is 42.5 Å². The minimum absolute atomic E-state index is 0.399. The van der Waals surface area contributed by atoms with E-state index in [1.165, 1.54) is 28.6 Å². The van der Waals surface area contributed by atoms with Crippen LogP contribution in [0.25, 0.3) is 16.6 Å². The lowest BCUT2D eigenvalue weighted by molar-refractivity contribution is 0.207. The van der Waals surface area contributed by atoms with Gasteiger partial charge in [-0.2, -0.15) is 5.26 Å². The van der Waals surface area contributed by atoms with Gasteiger partial charge in [0.25, 0.3) is 0 Å². The zero-order chi connectivity index (χ0) is 32.8. The van der Waals surface area contributed by atoms with Crippen molar-refractivity contribution in [2.75, 3.05) is 19.6 Å². The summed E-state index contributed by atoms with van der Waals surface area (Å²) in [6.07, 6.45) is 13.5. The lowest BCUT2D eigenvalue weighted by atomic mass is 9.94. The summed E-state index contributed by atoms with van der Waals surface area (Å²) in [5.74, 6) is 3.22. The van der Waals surface area contributed by atoms with Gasteiger partial charge in [-0.05, 0) is 144 Å². The van der Waals surface area contributed by atoms with Crippen molar-refractivity contribution in [3.8, 4) is 23.3 Å². The van der Waals surface area contributed by atoms with Crippen molar-refractivity contribution in [1.82, 2.24) is 19.0 Å². The molecule has 6 rings (SSSR count). The molecule has 0 unspecified atom stereocenters. The van der Waals surface area contributed by atoms with Gasteiger partial charge in [0.1, 0.15) is 17.3 Å². The van der Waals surface area contributed by atoms with Gasteiger partial charge in [0.15, 0.2) is 0 Å². The molecule has 0 N–H and O–H groups in total. The van der Waals surface area contributed by atoms with Gasteiger partial charge in [-0.15, -0.1) is 0 Å². The number of piperidine rings is 1. The van der Waals surface area contributed by atoms with Crippen molar-refractivity contribution in [3.05, 3.63) is 107 Å². The predicted molar refractivity (Wildman–Crippen MR) is 192 cm³/mol. The van der Waals surface area contributed by atoms with Crippen LogP contribution in [-0.2, 0) is 12.8 Å². The normalized spacial score (nSPS) is 14.2. The number of halogens is 1. The first-order valence-electron chi connectivity index (χ1n) is 17.3. The highest BCUT2D eigenvalue weighted by Gasteiger charge is 2.24. The Hall–Kier alpha value is -4.05. The molecule has 0 bridgehead atoms. The summed E-state index contributed by atoms with van der Waals surface area (Å²) in [5.41, 5.74) is 5.69. The SMILES string of the molecule is CCCCc1nc(C2CCN(CCCCc3cn(C(C)C)c4ccc(C#N)cc34)CC2)cn1-c1ccc(Oc2ccc(Cl)cc2)cc1. The molecule has 0 aliphatic carbocycles. The second kappa shape index (κ2) is 15.2. The number of imidazole rings is 1. The third-order valence-corrected chi connectivity index (χ3v) is 9.75. The number of unbranched alkanes of at least 4 members (excludes halogenated alkanes) is 2. The average Bonchev–Trinajstić information content (AvgIpc) is 3.69. The third kappa shape index (κ3) is 7.92. The number of hydrogen-bond donors (Lipinski definition) is 0. The largest absolute Gasteiger partial charge is 0.457 e. The van der Waals surface area contributed by atoms with Crippen molar-refractivity contribution < 1.29 is 4.74 Å². The van der Waals surface area contributed by atoms with Crippen molar-refractivity contribution in [2.24, 2.45) is 0 Å². The second-order valence-corrected chi connectivity index (χ2v) is 13.6. The van der Waals surface area contributed by atoms with Gasteiger partial charge >= 0.3 is 0 Å². The standard InChI is InChI=1S/C40H46ClN5O/c1-4-5-9-40-43-38(28-46(40)34-13-17-36(18-14-34)47-35-15-11-33(41)12-16-35)31-20-23-44(24-21-31)22-7-6-8-32-27-45(29(2)3)39-19-10-30(26-42)25-37(32)39/h10-19,25,27-29,31H,4-9,20-24H2,1-3H3. The van der Waals surface area contributed by atoms with Crippen LogP contribution >= 0.6 is 11.6 Å². The number of aryl methyl sites for hydroxylation is 2. The Bertz CT molecular complexity index is 1800. The molecule has 1 fully saturated rings. The highest BCUT2D eigenvalue weighted by Crippen LogP contribution is 2.31. The molecule has 0 amide bonds. The monoisotopic (exact) mass is 647 g/mol. The summed E-state index contributed by atoms with van der Waals surface area (Å²) in [5, 5.41) is 11.4. The van der Waals surface area contributed by atoms with Crippen LogP contribution in [0, 0.1) is 11.3 Å². The first kappa shape index (κ1) is 32.9. The summed E-state index contributed by atoms with van der Waals surface area (Å²) in [7, 11) is 0. The Labute approximate surface area is 284 Å². The van der Waals surface area contributed by atoms with Crippen molar-refractivity contribution in [3.63, 3.8) is 0 Å². The highest BCUT2D eigenvalue weighted by molar-refractivity contribution is 6.30. The van der Waals surface area contributed by atoms with E-state index >= 15 is 0 Å². The van der Waals surface area contributed by atoms with Crippen LogP contribution in [0.1, 0.15) is 93.9 Å². The van der Waals surface area contributed by atoms with Crippen LogP contribution in [0.4, 0.5) is 0 Å². The summed E-state index contributed by atoms with van der Waals surface area (Å²) in [6.45, 7) is 10.1. The summed E-state index contributed by atoms with van der Waals surface area (Å²) in [4.78, 5) is 7.85. The van der Waals surface area contributed by atoms with Crippen LogP contribution in [0.15, 0.2) is 79.1 Å². The Morgan fingerprint density at radius 1 is 0.915 bits per heavy atom. The molecule has 6 nitrogen and oxygen atoms in total. The Morgan fingerprint density at radius 3 is 2.32 bits per heavy atom. The quantitative estimate of drug-likeness (QED) is 0.119. The second-order valence-electron chi connectivity index (χ2n) is 13.2. The van der Waals surface area contributed by atoms with E-state index in [4.69, 9.17) is 21.3 Å². The molecule has 3 heterocycles. The van der Waals surface area contributed by atoms with Crippen molar-refractivity contribution in [2.45, 2.75) is 84.1 Å². The molecule has 7 heteroatoms. The number of nitrogens with zero attached hydrogens (tertiary/aromatic N) is 5. The molecule has 244 valence electrons. The molecule has 0 radical (unpaired) electrons. The fourth-order valence-electron chi connectivity index (χ4n) is 6.81. The molecule has 5 aromatic rings. The highest BCUT2D eigenvalue weighted by atomic mass is 35.5. The van der Waals surface area contributed by atoms with Gasteiger partial charge in [-0.1, -0.05) is 24.9 Å². The van der Waals surface area contributed by atoms with E-state index in [0.29, 0.717) is 17.0 Å². The molecule has 0 atom stereocenters. The Balaban J connectivity index is 1.04. The van der Waals surface area contributed by atoms with Gasteiger partial charge in [0, 0.05) is 52.4 Å². The molecule has 47 heavy (non-hydrogen) atoms. The summed E-state index contributed by atoms with van der Waals surface area (Å²) < 4.78 is 10.7. The molecule has 3 aromatic carbocycles. The van der Waals surface area contributed by atoms with Crippen LogP contribution in [0.3, 0.4) is 0 Å². The first-order chi connectivity index (χ1) is 22.9. The minimum atomic E-state index is 0.399. The molecule has 0 saturated carbocycles. The van der Waals surface area contributed by atoms with Gasteiger partial charge in [0.2, 0.25) is 0 Å². The Kier molecular flexibility index (Phi) is 10.7. The molecule has 1 aliphatic heterocycles. The number of rotatable bonds is 13. The number of nitriles is 1. The topological polar surface area (TPSA) is 59.0 Å². The molecular weight excluding hydrogens is 602 g/mol. The summed E-state index contributed by atoms with van der Waals surface area (Å²) >= 11 is 6.02. The number of aromatic nitrogens is 3. The number of hydrogen-bond acceptors (Lipinski definition) is 4. The van der Waals surface area contributed by atoms with Crippen molar-refractivity contribution >= 4 is 22.5 Å². The fraction of sp³-hybridized carbons (Fsp3) is 0.400. The van der Waals surface area contributed by atoms with Crippen LogP contribution in [-0.4, -0.2) is 38.7 Å². The van der Waals surface area contributed by atoms with E-state index in [-0.39, 0.29) is 0 Å². The zero-order valence-corrected chi connectivity index (χ0v) is 28.7. The molecule has 0 spiro atoms. The molecule has 2 aromatic heterocycles. The maximum absolute atomic E-state index is 9.44. The smallest absolute Gasteiger partial charge is 0.127 e. The summed E-state index contributed by atoms with van der Waals surface area (Å²) in [6, 6.07) is 24.5. The van der Waals surface area contributed by atoms with E-state index in [9.17, 15) is 5.26 Å². The van der Waals surface area contributed by atoms with E-state index in [1.54, 1.807) is 0 Å². The molecule has 1 saturated heterocycles. The van der Waals surface area contributed by atoms with Gasteiger partial charge < -0.3 is 18.8 Å². The van der Waals surface area contributed by atoms with E-state index in [2.05, 4.69) is 77.5 Å². The van der Waals surface area contributed by atoms with E-state index in [0.717, 1.165) is 93.2 Å². The number of fused-ring (bicyclic) bond motifs is 1. The molecule has 1 aliphatic rings. The fourth-order valence-corrected chi connectivity index (χ4v) is 6.93. The number of ether oxygens (including phenoxy) is 1. The first-order valence-corrected chi connectivity index (χ1v) is 17.7. The van der Waals surface area contributed by atoms with Crippen molar-refractivity contribution in [1.29, 1.82) is 5.26 Å². The maximum atomic E-state index is 9.44. The van der Waals surface area contributed by atoms with Crippen LogP contribution in [0.2, 0.25) is 5.02 Å². The van der Waals surface area contributed by atoms with E-state index < -0.39 is 0 Å². The van der Waals surface area contributed by atoms with Gasteiger partial charge in [-0.3, -0.25) is 0 Å². The number of likely N-dealkylation sites (tertiary alicyclic amines) is 1. The minimum Gasteiger partial charge on any atom is -0.457 e. The van der Waals surface area contributed by atoms with Crippen LogP contribution in [0.5, 0.6) is 11.5 Å². The lowest BCUT2D eigenvalue weighted by Crippen LogP contribution is -2.33. The number of benzene rings is 3. The lowest BCUT2D eigenvalue weighted by Gasteiger charge is -2.31. The predicted octanol–water partition coefficient (Wildman–Crippen LogP) is 10.3. The zero-order valence-electron chi connectivity index (χ0n) is 28.0. The molecular formula is C40H46ClN5O. The Morgan fingerprint density at radius 2 is 1.64 bits per heavy atom. The van der Waals surface area contributed by atoms with Gasteiger partial charge in [0.05, 0.1) is 17.3 Å². The van der Waals surface area contributed by atoms with Crippen LogP contribution < -0.4 is 4.74 Å².